The maximum Gasteiger partial charge on any atom is 0.0210 e. The minimum atomic E-state index is 0.336. The molecule has 0 amide bonds. The molecule has 0 N–H and O–H groups in total. The van der Waals surface area contributed by atoms with Crippen molar-refractivity contribution >= 4 is 0 Å². The van der Waals surface area contributed by atoms with Crippen molar-refractivity contribution < 1.29 is 0 Å². The Morgan fingerprint density at radius 1 is 1.40 bits per heavy atom. The Kier molecular flexibility index (Phi) is 1.31. The minimum Gasteiger partial charge on any atom is -0.298 e. The molecule has 0 saturated carbocycles. The highest BCUT2D eigenvalue weighted by Gasteiger charge is 2.42. The van der Waals surface area contributed by atoms with Gasteiger partial charge in [-0.1, -0.05) is 6.42 Å². The maximum atomic E-state index is 4.30. The molecule has 0 aromatic carbocycles. The van der Waals surface area contributed by atoms with E-state index in [1.165, 1.54) is 32.1 Å². The SMILES string of the molecule is [CH2]C12CCCC(CC1)N2C. The molecule has 1 heteroatoms. The second-order valence-corrected chi connectivity index (χ2v) is 3.92. The standard InChI is InChI=1S/C9H16N/c1-9-6-3-4-8(5-7-9)10(9)2/h8H,1,3-7H2,2H3. The molecule has 2 rings (SSSR count). The van der Waals surface area contributed by atoms with E-state index in [0.717, 1.165) is 6.04 Å². The first-order chi connectivity index (χ1) is 4.72. The molecule has 2 fully saturated rings. The smallest absolute Gasteiger partial charge is 0.0210 e. The zero-order valence-corrected chi connectivity index (χ0v) is 6.77. The highest BCUT2D eigenvalue weighted by molar-refractivity contribution is 5.03. The summed E-state index contributed by atoms with van der Waals surface area (Å²) in [5, 5.41) is 0. The lowest BCUT2D eigenvalue weighted by atomic mass is 9.91. The van der Waals surface area contributed by atoms with Gasteiger partial charge in [0, 0.05) is 11.6 Å². The van der Waals surface area contributed by atoms with Crippen LogP contribution in [0.2, 0.25) is 0 Å². The van der Waals surface area contributed by atoms with Gasteiger partial charge in [-0.2, -0.15) is 0 Å². The van der Waals surface area contributed by atoms with Crippen molar-refractivity contribution in [3.8, 4) is 0 Å². The Balaban J connectivity index is 2.21. The van der Waals surface area contributed by atoms with E-state index in [4.69, 9.17) is 0 Å². The van der Waals surface area contributed by atoms with Crippen LogP contribution in [0, 0.1) is 6.92 Å². The van der Waals surface area contributed by atoms with E-state index >= 15 is 0 Å². The number of hydrogen-bond donors (Lipinski definition) is 0. The van der Waals surface area contributed by atoms with Crippen molar-refractivity contribution in [2.24, 2.45) is 0 Å². The van der Waals surface area contributed by atoms with Crippen molar-refractivity contribution in [3.63, 3.8) is 0 Å². The molecule has 2 atom stereocenters. The Morgan fingerprint density at radius 2 is 2.20 bits per heavy atom. The van der Waals surface area contributed by atoms with Crippen LogP contribution in [-0.4, -0.2) is 23.5 Å². The first kappa shape index (κ1) is 6.66. The van der Waals surface area contributed by atoms with Gasteiger partial charge in [-0.3, -0.25) is 4.90 Å². The first-order valence-corrected chi connectivity index (χ1v) is 4.31. The summed E-state index contributed by atoms with van der Waals surface area (Å²) in [4.78, 5) is 2.50. The fourth-order valence-electron chi connectivity index (χ4n) is 2.50. The normalized spacial score (nSPS) is 48.0. The third-order valence-electron chi connectivity index (χ3n) is 3.42. The van der Waals surface area contributed by atoms with Crippen LogP contribution in [0.25, 0.3) is 0 Å². The molecule has 0 spiro atoms. The van der Waals surface area contributed by atoms with Gasteiger partial charge in [-0.05, 0) is 39.7 Å². The van der Waals surface area contributed by atoms with Crippen molar-refractivity contribution in [1.82, 2.24) is 4.90 Å². The zero-order valence-electron chi connectivity index (χ0n) is 6.77. The Bertz CT molecular complexity index is 140. The van der Waals surface area contributed by atoms with Gasteiger partial charge in [0.25, 0.3) is 0 Å². The van der Waals surface area contributed by atoms with Gasteiger partial charge < -0.3 is 0 Å². The summed E-state index contributed by atoms with van der Waals surface area (Å²) >= 11 is 0. The maximum absolute atomic E-state index is 4.30. The van der Waals surface area contributed by atoms with Crippen LogP contribution in [-0.2, 0) is 0 Å². The van der Waals surface area contributed by atoms with Gasteiger partial charge in [0.2, 0.25) is 0 Å². The Labute approximate surface area is 63.4 Å². The van der Waals surface area contributed by atoms with Crippen molar-refractivity contribution in [1.29, 1.82) is 0 Å². The number of nitrogens with zero attached hydrogens (tertiary/aromatic N) is 1. The van der Waals surface area contributed by atoms with E-state index in [1.807, 2.05) is 0 Å². The van der Waals surface area contributed by atoms with E-state index in [1.54, 1.807) is 0 Å². The van der Waals surface area contributed by atoms with E-state index in [0.29, 0.717) is 5.54 Å². The van der Waals surface area contributed by atoms with Crippen molar-refractivity contribution in [2.75, 3.05) is 7.05 Å². The van der Waals surface area contributed by atoms with Gasteiger partial charge in [-0.15, -0.1) is 0 Å². The summed E-state index contributed by atoms with van der Waals surface area (Å²) in [5.74, 6) is 0. The lowest BCUT2D eigenvalue weighted by Crippen LogP contribution is -2.45. The molecule has 0 aromatic rings. The van der Waals surface area contributed by atoms with Crippen molar-refractivity contribution in [3.05, 3.63) is 6.92 Å². The molecule has 2 aliphatic rings. The second-order valence-electron chi connectivity index (χ2n) is 3.92. The predicted octanol–water partition coefficient (Wildman–Crippen LogP) is 1.84. The third kappa shape index (κ3) is 0.731. The average molecular weight is 138 g/mol. The summed E-state index contributed by atoms with van der Waals surface area (Å²) in [5.41, 5.74) is 0.336. The highest BCUT2D eigenvalue weighted by Crippen LogP contribution is 2.41. The van der Waals surface area contributed by atoms with Gasteiger partial charge in [0.15, 0.2) is 0 Å². The van der Waals surface area contributed by atoms with Crippen molar-refractivity contribution in [2.45, 2.75) is 43.7 Å². The molecular weight excluding hydrogens is 122 g/mol. The molecule has 57 valence electrons. The monoisotopic (exact) mass is 138 g/mol. The van der Waals surface area contributed by atoms with Crippen LogP contribution in [0.5, 0.6) is 0 Å². The zero-order chi connectivity index (χ0) is 7.19. The van der Waals surface area contributed by atoms with Crippen LogP contribution in [0.4, 0.5) is 0 Å². The molecule has 2 unspecified atom stereocenters. The topological polar surface area (TPSA) is 3.24 Å². The van der Waals surface area contributed by atoms with Gasteiger partial charge in [-0.25, -0.2) is 0 Å². The quantitative estimate of drug-likeness (QED) is 0.493. The summed E-state index contributed by atoms with van der Waals surface area (Å²) < 4.78 is 0. The first-order valence-electron chi connectivity index (χ1n) is 4.31. The van der Waals surface area contributed by atoms with E-state index < -0.39 is 0 Å². The summed E-state index contributed by atoms with van der Waals surface area (Å²) in [6, 6.07) is 0.867. The van der Waals surface area contributed by atoms with Crippen LogP contribution in [0.15, 0.2) is 0 Å². The molecule has 1 radical (unpaired) electrons. The average Bonchev–Trinajstić information content (AvgIpc) is 2.18. The fourth-order valence-corrected chi connectivity index (χ4v) is 2.50. The minimum absolute atomic E-state index is 0.336. The fraction of sp³-hybridized carbons (Fsp3) is 0.889. The van der Waals surface area contributed by atoms with E-state index in [2.05, 4.69) is 18.9 Å². The van der Waals surface area contributed by atoms with Gasteiger partial charge in [0.1, 0.15) is 0 Å². The van der Waals surface area contributed by atoms with Crippen LogP contribution < -0.4 is 0 Å². The molecule has 2 heterocycles. The van der Waals surface area contributed by atoms with Gasteiger partial charge in [0.05, 0.1) is 0 Å². The molecule has 1 nitrogen and oxygen atoms in total. The molecule has 10 heavy (non-hydrogen) atoms. The summed E-state index contributed by atoms with van der Waals surface area (Å²) in [7, 11) is 2.24. The third-order valence-corrected chi connectivity index (χ3v) is 3.42. The molecular formula is C9H16N. The predicted molar refractivity (Wildman–Crippen MR) is 42.7 cm³/mol. The molecule has 2 aliphatic heterocycles. The Morgan fingerprint density at radius 3 is 2.80 bits per heavy atom. The van der Waals surface area contributed by atoms with Crippen LogP contribution in [0.1, 0.15) is 32.1 Å². The lowest BCUT2D eigenvalue weighted by Gasteiger charge is -2.39. The van der Waals surface area contributed by atoms with Gasteiger partial charge >= 0.3 is 0 Å². The lowest BCUT2D eigenvalue weighted by molar-refractivity contribution is 0.119. The molecule has 2 saturated heterocycles. The van der Waals surface area contributed by atoms with Crippen LogP contribution >= 0.6 is 0 Å². The number of rotatable bonds is 0. The number of piperidine rings is 1. The van der Waals surface area contributed by atoms with E-state index in [9.17, 15) is 0 Å². The highest BCUT2D eigenvalue weighted by atomic mass is 15.2. The Hall–Kier alpha value is -0.0400. The van der Waals surface area contributed by atoms with E-state index in [-0.39, 0.29) is 0 Å². The van der Waals surface area contributed by atoms with Crippen LogP contribution in [0.3, 0.4) is 0 Å². The second kappa shape index (κ2) is 1.97. The summed E-state index contributed by atoms with van der Waals surface area (Å²) in [6.07, 6.45) is 6.85. The number of fused-ring (bicyclic) bond motifs is 2. The summed E-state index contributed by atoms with van der Waals surface area (Å²) in [6.45, 7) is 4.30. The largest absolute Gasteiger partial charge is 0.298 e. The molecule has 0 aliphatic carbocycles. The molecule has 0 aromatic heterocycles. The number of hydrogen-bond acceptors (Lipinski definition) is 1. The molecule has 2 bridgehead atoms.